The van der Waals surface area contributed by atoms with Crippen molar-refractivity contribution in [2.24, 2.45) is 105 Å². The van der Waals surface area contributed by atoms with Gasteiger partial charge in [0.25, 0.3) is 0 Å². The van der Waals surface area contributed by atoms with E-state index in [1.54, 1.807) is 22.3 Å². The Morgan fingerprint density at radius 1 is 0.350 bits per heavy atom. The van der Waals surface area contributed by atoms with Crippen LogP contribution in [0.4, 0.5) is 0 Å². The molecule has 12 saturated carbocycles. The number of aliphatic hydroxyl groups excluding tert-OH is 6. The minimum atomic E-state index is -0.592. The zero-order valence-electron chi connectivity index (χ0n) is 80.4. The van der Waals surface area contributed by atoms with E-state index in [1.165, 1.54) is 265 Å². The van der Waals surface area contributed by atoms with Crippen LogP contribution in [0.1, 0.15) is 406 Å². The normalized spacial score (nSPS) is 36.2. The highest BCUT2D eigenvalue weighted by Gasteiger charge is 2.55. The number of fused-ring (bicyclic) bond motifs is 4. The maximum Gasteiger partial charge on any atom is 0.0809 e. The van der Waals surface area contributed by atoms with E-state index in [0.29, 0.717) is 58.5 Å². The van der Waals surface area contributed by atoms with E-state index < -0.39 is 24.4 Å². The summed E-state index contributed by atoms with van der Waals surface area (Å²) in [6, 6.07) is 0. The molecule has 0 aliphatic heterocycles. The van der Waals surface area contributed by atoms with Crippen molar-refractivity contribution in [1.82, 2.24) is 0 Å². The average Bonchev–Trinajstić information content (AvgIpc) is 1.61. The fourth-order valence-electron chi connectivity index (χ4n) is 27.8. The molecule has 0 spiro atoms. The van der Waals surface area contributed by atoms with Gasteiger partial charge >= 0.3 is 0 Å². The molecule has 12 aliphatic rings. The molecule has 6 heteroatoms. The molecular weight excluding hydrogens is 1470 g/mol. The van der Waals surface area contributed by atoms with Crippen LogP contribution in [0, 0.1) is 105 Å². The van der Waals surface area contributed by atoms with Crippen LogP contribution < -0.4 is 0 Å². The van der Waals surface area contributed by atoms with Gasteiger partial charge in [-0.3, -0.25) is 0 Å². The molecule has 6 N–H and O–H groups in total. The first-order valence-electron chi connectivity index (χ1n) is 50.9. The summed E-state index contributed by atoms with van der Waals surface area (Å²) < 4.78 is 0. The van der Waals surface area contributed by atoms with Gasteiger partial charge in [0.1, 0.15) is 0 Å². The van der Waals surface area contributed by atoms with Gasteiger partial charge in [0.05, 0.1) is 36.6 Å². The van der Waals surface area contributed by atoms with Crippen molar-refractivity contribution in [3.8, 4) is 0 Å². The number of aliphatic hydroxyl groups is 6. The smallest absolute Gasteiger partial charge is 0.0809 e. The lowest BCUT2D eigenvalue weighted by molar-refractivity contribution is 0.0823. The van der Waals surface area contributed by atoms with Crippen LogP contribution in [0.3, 0.4) is 0 Å². The van der Waals surface area contributed by atoms with Crippen LogP contribution in [0.2, 0.25) is 0 Å². The van der Waals surface area contributed by atoms with Gasteiger partial charge < -0.3 is 30.6 Å². The lowest BCUT2D eigenvalue weighted by atomic mass is 9.60. The Hall–Kier alpha value is -3.88. The molecule has 120 heavy (non-hydrogen) atoms. The first-order valence-corrected chi connectivity index (χ1v) is 50.9. The highest BCUT2D eigenvalue weighted by Crippen LogP contribution is 2.65. The Balaban J connectivity index is 0.000000183. The Bertz CT molecular complexity index is 3360. The minimum Gasteiger partial charge on any atom is -0.393 e. The fourth-order valence-corrected chi connectivity index (χ4v) is 27.8. The largest absolute Gasteiger partial charge is 0.393 e. The topological polar surface area (TPSA) is 121 Å². The molecule has 12 fully saturated rings. The van der Waals surface area contributed by atoms with Gasteiger partial charge in [-0.15, -0.1) is 0 Å². The van der Waals surface area contributed by atoms with E-state index in [0.717, 1.165) is 133 Å². The molecular formula is C114H184O6. The molecule has 676 valence electrons. The molecule has 12 aliphatic carbocycles. The highest BCUT2D eigenvalue weighted by atomic mass is 16.3. The maximum atomic E-state index is 10.1. The van der Waals surface area contributed by atoms with Crippen molar-refractivity contribution in [1.29, 1.82) is 0 Å². The van der Waals surface area contributed by atoms with E-state index in [2.05, 4.69) is 198 Å². The van der Waals surface area contributed by atoms with Crippen LogP contribution >= 0.6 is 0 Å². The molecule has 0 aromatic carbocycles. The van der Waals surface area contributed by atoms with Gasteiger partial charge in [-0.1, -0.05) is 303 Å². The van der Waals surface area contributed by atoms with E-state index in [4.69, 9.17) is 0 Å². The van der Waals surface area contributed by atoms with Crippen LogP contribution in [-0.2, 0) is 0 Å². The predicted molar refractivity (Wildman–Crippen MR) is 515 cm³/mol. The van der Waals surface area contributed by atoms with Crippen molar-refractivity contribution >= 4 is 0 Å². The molecule has 0 unspecified atom stereocenters. The summed E-state index contributed by atoms with van der Waals surface area (Å²) in [6.07, 6.45) is 77.2. The summed E-state index contributed by atoms with van der Waals surface area (Å²) in [5, 5.41) is 60.6. The van der Waals surface area contributed by atoms with Crippen LogP contribution in [0.5, 0.6) is 0 Å². The number of hydrogen-bond donors (Lipinski definition) is 6. The first-order chi connectivity index (χ1) is 57.2. The van der Waals surface area contributed by atoms with E-state index in [-0.39, 0.29) is 12.2 Å². The Morgan fingerprint density at radius 3 is 0.917 bits per heavy atom. The SMILES string of the molecule is C=C1CC[C@H](O)C/C1=C\C=C1/CCC[C@]2(C)[C@@H]([C@@H](CCC=C(C)C)CCCC(C)C)CC[C@@H]12.C=C1CC[C@H](O)C/C1=C\C=C1/CCC[C@]2(C)[C@@H]([C@H](CCC=C(C)C)CCCC(C)C)CC[C@@H]12.C=C1[C@H](O)CC(=C/C=C2\CCC[C@]3(C)[C@@H]([C@@H](CC)CCC)CC[C@@H]23)C[C@H]1O.C=C1[C@H](O)CC(=C/C=C2\CCC[C@]3(C)[C@@H]([C@H](CC)CCC)CC[C@@H]23)C[C@H]1O. The van der Waals surface area contributed by atoms with Gasteiger partial charge in [-0.2, -0.15) is 0 Å². The van der Waals surface area contributed by atoms with Crippen molar-refractivity contribution in [2.75, 3.05) is 0 Å². The van der Waals surface area contributed by atoms with E-state index in [9.17, 15) is 30.6 Å². The van der Waals surface area contributed by atoms with Crippen molar-refractivity contribution in [3.63, 3.8) is 0 Å². The second-order valence-electron chi connectivity index (χ2n) is 44.2. The average molecular weight is 1650 g/mol. The lowest BCUT2D eigenvalue weighted by Gasteiger charge is -2.45. The molecule has 0 heterocycles. The number of rotatable bonds is 28. The van der Waals surface area contributed by atoms with Gasteiger partial charge in [-0.25, -0.2) is 0 Å². The lowest BCUT2D eigenvalue weighted by Crippen LogP contribution is -2.36. The number of allylic oxidation sites excluding steroid dienone is 18. The number of hydrogen-bond acceptors (Lipinski definition) is 6. The second kappa shape index (κ2) is 47.3. The van der Waals surface area contributed by atoms with E-state index in [1.807, 2.05) is 0 Å². The summed E-state index contributed by atoms with van der Waals surface area (Å²) in [6.45, 7) is 54.5. The van der Waals surface area contributed by atoms with Crippen LogP contribution in [0.15, 0.2) is 165 Å². The molecule has 0 aromatic rings. The van der Waals surface area contributed by atoms with Gasteiger partial charge in [0.2, 0.25) is 0 Å². The molecule has 0 radical (unpaired) electrons. The summed E-state index contributed by atoms with van der Waals surface area (Å²) >= 11 is 0. The Morgan fingerprint density at radius 2 is 0.642 bits per heavy atom. The fraction of sp³-hybridized carbons (Fsp3) is 0.754. The third-order valence-corrected chi connectivity index (χ3v) is 34.7. The molecule has 0 bridgehead atoms. The van der Waals surface area contributed by atoms with Crippen molar-refractivity contribution < 1.29 is 30.6 Å². The Labute approximate surface area is 738 Å². The summed E-state index contributed by atoms with van der Waals surface area (Å²) in [5.74, 6) is 11.6. The highest BCUT2D eigenvalue weighted by molar-refractivity contribution is 5.39. The zero-order chi connectivity index (χ0) is 87.2. The third kappa shape index (κ3) is 26.2. The minimum absolute atomic E-state index is 0.181. The van der Waals surface area contributed by atoms with Crippen molar-refractivity contribution in [2.45, 2.75) is 443 Å². The standard InChI is InChI=1S/2C32H52O.2C25H40O2/c2*1-23(2)10-7-12-26(13-8-11-24(3)4)30-19-20-31-27(14-9-21-32(30,31)6)16-17-28-22-29(33)18-15-25(28)5;2*1-5-8-19(6-2)21-12-13-22-20(9-7-14-25(21,22)4)11-10-18-15-23(26)17(3)24(27)16-18/h2*10,16-17,24,26,29-31,33H,5,7-9,11-15,18-22H2,1-4,6H3;2*10-11,19,21-24,26-27H,3,5-9,12-16H2,1-2,4H3/b2*27-16+,28-17+;2*20-11+/t26-,29+,30-,31+,32-;26-,29-,30+,31-,32+;19-,21+,22-,23+,24+,25+;19-,21-,22+,23-,24-,25-/m1001/s1. The van der Waals surface area contributed by atoms with Gasteiger partial charge in [-0.05, 0) is 373 Å². The molecule has 22 atom stereocenters. The van der Waals surface area contributed by atoms with Crippen LogP contribution in [-0.4, -0.2) is 67.3 Å². The first kappa shape index (κ1) is 99.9. The molecule has 0 amide bonds. The van der Waals surface area contributed by atoms with Gasteiger partial charge in [0, 0.05) is 0 Å². The molecule has 6 nitrogen and oxygen atoms in total. The Kier molecular flexibility index (Phi) is 39.3. The molecule has 0 aromatic heterocycles. The summed E-state index contributed by atoms with van der Waals surface area (Å²) in [4.78, 5) is 0. The monoisotopic (exact) mass is 1650 g/mol. The zero-order valence-corrected chi connectivity index (χ0v) is 80.4. The summed E-state index contributed by atoms with van der Waals surface area (Å²) in [5.41, 5.74) is 20.0. The summed E-state index contributed by atoms with van der Waals surface area (Å²) in [7, 11) is 0. The van der Waals surface area contributed by atoms with Gasteiger partial charge in [0.15, 0.2) is 0 Å². The van der Waals surface area contributed by atoms with Crippen molar-refractivity contribution in [3.05, 3.63) is 165 Å². The predicted octanol–water partition coefficient (Wildman–Crippen LogP) is 30.6. The van der Waals surface area contributed by atoms with E-state index >= 15 is 0 Å². The maximum absolute atomic E-state index is 10.1. The van der Waals surface area contributed by atoms with Crippen LogP contribution in [0.25, 0.3) is 0 Å². The quantitative estimate of drug-likeness (QED) is 0.0434. The molecule has 12 rings (SSSR count). The third-order valence-electron chi connectivity index (χ3n) is 34.7. The molecule has 0 saturated heterocycles. The second-order valence-corrected chi connectivity index (χ2v) is 44.2.